The van der Waals surface area contributed by atoms with Crippen molar-refractivity contribution in [1.29, 1.82) is 0 Å². The lowest BCUT2D eigenvalue weighted by molar-refractivity contribution is 0.0712. The maximum atomic E-state index is 12.8. The monoisotopic (exact) mass is 360 g/mol. The number of piperidine rings is 1. The lowest BCUT2D eigenvalue weighted by Crippen LogP contribution is -2.38. The molecular formula is C20H20N6O. The second-order valence-electron chi connectivity index (χ2n) is 6.61. The van der Waals surface area contributed by atoms with Crippen LogP contribution in [0.3, 0.4) is 0 Å². The van der Waals surface area contributed by atoms with Gasteiger partial charge in [-0.25, -0.2) is 15.0 Å². The summed E-state index contributed by atoms with van der Waals surface area (Å²) in [5, 5.41) is 0. The third-order valence-corrected chi connectivity index (χ3v) is 4.89. The second kappa shape index (κ2) is 7.49. The summed E-state index contributed by atoms with van der Waals surface area (Å²) in [5.74, 6) is 0.821. The summed E-state index contributed by atoms with van der Waals surface area (Å²) in [5.41, 5.74) is 9.00. The Balaban J connectivity index is 1.41. The molecule has 1 saturated heterocycles. The van der Waals surface area contributed by atoms with Crippen molar-refractivity contribution < 1.29 is 4.79 Å². The van der Waals surface area contributed by atoms with Crippen LogP contribution in [0.25, 0.3) is 11.3 Å². The molecule has 136 valence electrons. The van der Waals surface area contributed by atoms with E-state index in [1.807, 2.05) is 35.2 Å². The number of anilines is 1. The quantitative estimate of drug-likeness (QED) is 0.771. The summed E-state index contributed by atoms with van der Waals surface area (Å²) in [4.78, 5) is 31.3. The smallest absolute Gasteiger partial charge is 0.253 e. The summed E-state index contributed by atoms with van der Waals surface area (Å²) >= 11 is 0. The van der Waals surface area contributed by atoms with Crippen molar-refractivity contribution in [3.63, 3.8) is 0 Å². The van der Waals surface area contributed by atoms with Crippen molar-refractivity contribution in [2.75, 3.05) is 18.8 Å². The molecule has 1 aliphatic rings. The molecule has 3 aromatic rings. The molecule has 3 heterocycles. The van der Waals surface area contributed by atoms with Crippen molar-refractivity contribution in [2.24, 2.45) is 0 Å². The molecule has 0 bridgehead atoms. The first-order valence-corrected chi connectivity index (χ1v) is 8.94. The van der Waals surface area contributed by atoms with E-state index in [4.69, 9.17) is 5.73 Å². The molecule has 0 radical (unpaired) electrons. The fourth-order valence-corrected chi connectivity index (χ4v) is 3.41. The van der Waals surface area contributed by atoms with E-state index in [9.17, 15) is 4.79 Å². The van der Waals surface area contributed by atoms with Crippen LogP contribution in [0.2, 0.25) is 0 Å². The Morgan fingerprint density at radius 3 is 2.48 bits per heavy atom. The molecule has 27 heavy (non-hydrogen) atoms. The third-order valence-electron chi connectivity index (χ3n) is 4.89. The average Bonchev–Trinajstić information content (AvgIpc) is 2.74. The standard InChI is InChI=1S/C20H20N6O/c21-19-12-23-11-18(25-19)14-1-3-16(4-2-14)20(27)26-9-6-15(7-10-26)17-5-8-22-13-24-17/h1-5,8,11-13,15H,6-7,9-10H2,(H2,21,25). The highest BCUT2D eigenvalue weighted by atomic mass is 16.2. The Kier molecular flexibility index (Phi) is 4.74. The number of hydrogen-bond donors (Lipinski definition) is 1. The molecule has 1 amide bonds. The van der Waals surface area contributed by atoms with Crippen LogP contribution in [0, 0.1) is 0 Å². The Bertz CT molecular complexity index is 921. The van der Waals surface area contributed by atoms with Crippen LogP contribution in [0.15, 0.2) is 55.2 Å². The fraction of sp³-hybridized carbons (Fsp3) is 0.250. The number of likely N-dealkylation sites (tertiary alicyclic amines) is 1. The summed E-state index contributed by atoms with van der Waals surface area (Å²) in [6, 6.07) is 9.38. The summed E-state index contributed by atoms with van der Waals surface area (Å²) in [6.45, 7) is 1.46. The highest BCUT2D eigenvalue weighted by Crippen LogP contribution is 2.27. The van der Waals surface area contributed by atoms with Gasteiger partial charge in [-0.1, -0.05) is 12.1 Å². The number of hydrogen-bond acceptors (Lipinski definition) is 6. The van der Waals surface area contributed by atoms with Crippen LogP contribution in [-0.4, -0.2) is 43.8 Å². The molecular weight excluding hydrogens is 340 g/mol. The van der Waals surface area contributed by atoms with Crippen LogP contribution >= 0.6 is 0 Å². The zero-order valence-electron chi connectivity index (χ0n) is 14.8. The number of carbonyl (C=O) groups is 1. The van der Waals surface area contributed by atoms with Crippen molar-refractivity contribution in [2.45, 2.75) is 18.8 Å². The number of nitrogens with two attached hydrogens (primary N) is 1. The van der Waals surface area contributed by atoms with Gasteiger partial charge in [0.25, 0.3) is 5.91 Å². The van der Waals surface area contributed by atoms with Gasteiger partial charge in [-0.15, -0.1) is 0 Å². The Morgan fingerprint density at radius 1 is 1.04 bits per heavy atom. The molecule has 1 aliphatic heterocycles. The fourth-order valence-electron chi connectivity index (χ4n) is 3.41. The Labute approximate surface area is 157 Å². The predicted molar refractivity (Wildman–Crippen MR) is 102 cm³/mol. The van der Waals surface area contributed by atoms with E-state index in [0.717, 1.165) is 37.2 Å². The van der Waals surface area contributed by atoms with E-state index < -0.39 is 0 Å². The van der Waals surface area contributed by atoms with Gasteiger partial charge in [-0.2, -0.15) is 0 Å². The summed E-state index contributed by atoms with van der Waals surface area (Å²) in [7, 11) is 0. The molecule has 2 aromatic heterocycles. The van der Waals surface area contributed by atoms with Gasteiger partial charge in [-0.05, 0) is 31.0 Å². The van der Waals surface area contributed by atoms with E-state index in [1.165, 1.54) is 6.20 Å². The van der Waals surface area contributed by atoms with Crippen LogP contribution in [0.5, 0.6) is 0 Å². The lowest BCUT2D eigenvalue weighted by atomic mass is 9.93. The highest BCUT2D eigenvalue weighted by molar-refractivity contribution is 5.94. The zero-order valence-corrected chi connectivity index (χ0v) is 14.8. The van der Waals surface area contributed by atoms with Gasteiger partial charge in [0.1, 0.15) is 12.1 Å². The van der Waals surface area contributed by atoms with Crippen molar-refractivity contribution in [3.05, 3.63) is 66.5 Å². The van der Waals surface area contributed by atoms with E-state index in [1.54, 1.807) is 18.7 Å². The Morgan fingerprint density at radius 2 is 1.81 bits per heavy atom. The topological polar surface area (TPSA) is 97.9 Å². The van der Waals surface area contributed by atoms with Gasteiger partial charge >= 0.3 is 0 Å². The number of carbonyl (C=O) groups excluding carboxylic acids is 1. The largest absolute Gasteiger partial charge is 0.382 e. The van der Waals surface area contributed by atoms with Gasteiger partial charge in [0.05, 0.1) is 18.1 Å². The Hall–Kier alpha value is -3.35. The van der Waals surface area contributed by atoms with E-state index >= 15 is 0 Å². The number of benzene rings is 1. The molecule has 0 atom stereocenters. The van der Waals surface area contributed by atoms with Crippen LogP contribution in [-0.2, 0) is 0 Å². The van der Waals surface area contributed by atoms with Crippen LogP contribution < -0.4 is 5.73 Å². The number of nitrogens with zero attached hydrogens (tertiary/aromatic N) is 5. The van der Waals surface area contributed by atoms with Crippen molar-refractivity contribution in [1.82, 2.24) is 24.8 Å². The maximum absolute atomic E-state index is 12.8. The third kappa shape index (κ3) is 3.76. The SMILES string of the molecule is Nc1cncc(-c2ccc(C(=O)N3CCC(c4ccncn4)CC3)cc2)n1. The first kappa shape index (κ1) is 17.1. The number of nitrogen functional groups attached to an aromatic ring is 1. The minimum absolute atomic E-state index is 0.0568. The normalized spacial score (nSPS) is 14.9. The number of amides is 1. The van der Waals surface area contributed by atoms with Crippen LogP contribution in [0.1, 0.15) is 34.8 Å². The molecule has 2 N–H and O–H groups in total. The van der Waals surface area contributed by atoms with Gasteiger partial charge in [-0.3, -0.25) is 9.78 Å². The number of rotatable bonds is 3. The van der Waals surface area contributed by atoms with E-state index in [-0.39, 0.29) is 5.91 Å². The minimum Gasteiger partial charge on any atom is -0.382 e. The van der Waals surface area contributed by atoms with Crippen LogP contribution in [0.4, 0.5) is 5.82 Å². The number of aromatic nitrogens is 4. The first-order valence-electron chi connectivity index (χ1n) is 8.94. The zero-order chi connectivity index (χ0) is 18.6. The molecule has 0 spiro atoms. The van der Waals surface area contributed by atoms with E-state index in [0.29, 0.717) is 23.0 Å². The van der Waals surface area contributed by atoms with Gasteiger partial charge in [0.2, 0.25) is 0 Å². The second-order valence-corrected chi connectivity index (χ2v) is 6.61. The molecule has 4 rings (SSSR count). The van der Waals surface area contributed by atoms with Gasteiger partial charge < -0.3 is 10.6 Å². The molecule has 1 aromatic carbocycles. The summed E-state index contributed by atoms with van der Waals surface area (Å²) < 4.78 is 0. The molecule has 0 saturated carbocycles. The molecule has 0 aliphatic carbocycles. The lowest BCUT2D eigenvalue weighted by Gasteiger charge is -2.31. The van der Waals surface area contributed by atoms with Gasteiger partial charge in [0, 0.05) is 42.0 Å². The average molecular weight is 360 g/mol. The van der Waals surface area contributed by atoms with E-state index in [2.05, 4.69) is 19.9 Å². The molecule has 1 fully saturated rings. The predicted octanol–water partition coefficient (Wildman–Crippen LogP) is 2.54. The maximum Gasteiger partial charge on any atom is 0.253 e. The molecule has 0 unspecified atom stereocenters. The molecule has 7 heteroatoms. The van der Waals surface area contributed by atoms with Crippen molar-refractivity contribution in [3.8, 4) is 11.3 Å². The van der Waals surface area contributed by atoms with Crippen molar-refractivity contribution >= 4 is 11.7 Å². The highest BCUT2D eigenvalue weighted by Gasteiger charge is 2.25. The van der Waals surface area contributed by atoms with Gasteiger partial charge in [0.15, 0.2) is 0 Å². The molecule has 7 nitrogen and oxygen atoms in total. The minimum atomic E-state index is 0.0568. The first-order chi connectivity index (χ1) is 13.2. The summed E-state index contributed by atoms with van der Waals surface area (Å²) in [6.07, 6.45) is 8.35.